The minimum absolute atomic E-state index is 0.0365. The number of para-hydroxylation sites is 1. The van der Waals surface area contributed by atoms with Crippen LogP contribution in [0.15, 0.2) is 36.5 Å². The number of nitrogens with one attached hydrogen (secondary N) is 1. The van der Waals surface area contributed by atoms with Crippen LogP contribution < -0.4 is 11.1 Å². The summed E-state index contributed by atoms with van der Waals surface area (Å²) in [5.74, 6) is -0.227. The summed E-state index contributed by atoms with van der Waals surface area (Å²) >= 11 is 0. The van der Waals surface area contributed by atoms with Gasteiger partial charge in [0, 0.05) is 18.1 Å². The minimum Gasteiger partial charge on any atom is -0.330 e. The van der Waals surface area contributed by atoms with E-state index in [1.807, 2.05) is 30.3 Å². The molecule has 3 N–H and O–H groups in total. The van der Waals surface area contributed by atoms with Crippen molar-refractivity contribution in [1.29, 1.82) is 0 Å². The van der Waals surface area contributed by atoms with Crippen LogP contribution >= 0.6 is 0 Å². The lowest BCUT2D eigenvalue weighted by atomic mass is 9.84. The molecule has 0 aliphatic rings. The fraction of sp³-hybridized carbons (Fsp3) is 0.412. The maximum absolute atomic E-state index is 12.4. The average molecular weight is 285 g/mol. The van der Waals surface area contributed by atoms with Crippen molar-refractivity contribution in [2.75, 3.05) is 11.9 Å². The Labute approximate surface area is 125 Å². The molecule has 0 saturated carbocycles. The number of rotatable bonds is 4. The summed E-state index contributed by atoms with van der Waals surface area (Å²) in [5, 5.41) is 3.99. The van der Waals surface area contributed by atoms with Crippen LogP contribution in [0.1, 0.15) is 27.2 Å². The summed E-state index contributed by atoms with van der Waals surface area (Å²) in [6.45, 7) is 6.69. The highest BCUT2D eigenvalue weighted by atomic mass is 16.1. The molecule has 0 aliphatic carbocycles. The summed E-state index contributed by atoms with van der Waals surface area (Å²) in [6, 6.07) is 9.63. The second kappa shape index (κ2) is 6.22. The number of benzene rings is 1. The van der Waals surface area contributed by atoms with Crippen molar-refractivity contribution in [3.8, 4) is 0 Å². The fourth-order valence-corrected chi connectivity index (χ4v) is 2.46. The molecular weight excluding hydrogens is 262 g/mol. The van der Waals surface area contributed by atoms with E-state index in [0.29, 0.717) is 6.54 Å². The van der Waals surface area contributed by atoms with E-state index in [4.69, 9.17) is 5.73 Å². The molecule has 1 aromatic carbocycles. The summed E-state index contributed by atoms with van der Waals surface area (Å²) < 4.78 is 0. The first-order valence-electron chi connectivity index (χ1n) is 7.25. The molecule has 1 unspecified atom stereocenters. The number of carbonyl (C=O) groups is 1. The van der Waals surface area contributed by atoms with Gasteiger partial charge >= 0.3 is 0 Å². The lowest BCUT2D eigenvalue weighted by Gasteiger charge is -2.24. The predicted molar refractivity (Wildman–Crippen MR) is 87.0 cm³/mol. The number of pyridine rings is 1. The van der Waals surface area contributed by atoms with Gasteiger partial charge < -0.3 is 11.1 Å². The molecule has 4 heteroatoms. The summed E-state index contributed by atoms with van der Waals surface area (Å²) in [6.07, 6.45) is 2.49. The van der Waals surface area contributed by atoms with Crippen LogP contribution in [0.2, 0.25) is 0 Å². The molecule has 112 valence electrons. The second-order valence-corrected chi connectivity index (χ2v) is 6.57. The van der Waals surface area contributed by atoms with Crippen molar-refractivity contribution >= 4 is 22.5 Å². The maximum Gasteiger partial charge on any atom is 0.228 e. The number of anilines is 1. The minimum atomic E-state index is -0.191. The van der Waals surface area contributed by atoms with Crippen LogP contribution in [0, 0.1) is 11.3 Å². The van der Waals surface area contributed by atoms with Crippen molar-refractivity contribution in [2.45, 2.75) is 27.2 Å². The first-order chi connectivity index (χ1) is 9.90. The second-order valence-electron chi connectivity index (χ2n) is 6.57. The highest BCUT2D eigenvalue weighted by Crippen LogP contribution is 2.26. The van der Waals surface area contributed by atoms with Gasteiger partial charge in [-0.3, -0.25) is 9.78 Å². The van der Waals surface area contributed by atoms with E-state index in [-0.39, 0.29) is 17.2 Å². The molecule has 1 heterocycles. The van der Waals surface area contributed by atoms with Crippen LogP contribution in [-0.4, -0.2) is 17.4 Å². The number of nitrogens with two attached hydrogens (primary N) is 1. The highest BCUT2D eigenvalue weighted by molar-refractivity contribution is 6.01. The first kappa shape index (κ1) is 15.4. The zero-order valence-corrected chi connectivity index (χ0v) is 12.9. The Morgan fingerprint density at radius 2 is 2.00 bits per heavy atom. The lowest BCUT2D eigenvalue weighted by molar-refractivity contribution is -0.120. The third-order valence-electron chi connectivity index (χ3n) is 3.40. The zero-order valence-electron chi connectivity index (χ0n) is 12.9. The standard InChI is InChI=1S/C17H23N3O/c1-17(2,3)10-13(11-18)16(21)20-14-8-4-6-12-7-5-9-19-15(12)14/h4-9,13H,10-11,18H2,1-3H3,(H,20,21). The topological polar surface area (TPSA) is 68.0 Å². The van der Waals surface area contributed by atoms with Gasteiger partial charge in [-0.15, -0.1) is 0 Å². The van der Waals surface area contributed by atoms with E-state index in [1.165, 1.54) is 0 Å². The van der Waals surface area contributed by atoms with E-state index in [9.17, 15) is 4.79 Å². The Morgan fingerprint density at radius 1 is 1.29 bits per heavy atom. The molecule has 0 fully saturated rings. The summed E-state index contributed by atoms with van der Waals surface area (Å²) in [5.41, 5.74) is 7.39. The normalized spacial score (nSPS) is 13.1. The van der Waals surface area contributed by atoms with Gasteiger partial charge in [0.1, 0.15) is 0 Å². The number of hydrogen-bond donors (Lipinski definition) is 2. The van der Waals surface area contributed by atoms with Crippen molar-refractivity contribution in [2.24, 2.45) is 17.1 Å². The van der Waals surface area contributed by atoms with Gasteiger partial charge in [-0.2, -0.15) is 0 Å². The Bertz CT molecular complexity index is 626. The molecule has 4 nitrogen and oxygen atoms in total. The molecule has 0 radical (unpaired) electrons. The summed E-state index contributed by atoms with van der Waals surface area (Å²) in [4.78, 5) is 16.8. The third-order valence-corrected chi connectivity index (χ3v) is 3.40. The number of hydrogen-bond acceptors (Lipinski definition) is 3. The monoisotopic (exact) mass is 285 g/mol. The molecule has 0 aliphatic heterocycles. The molecule has 1 atom stereocenters. The predicted octanol–water partition coefficient (Wildman–Crippen LogP) is 3.18. The largest absolute Gasteiger partial charge is 0.330 e. The SMILES string of the molecule is CC(C)(C)CC(CN)C(=O)Nc1cccc2cccnc12. The quantitative estimate of drug-likeness (QED) is 0.906. The van der Waals surface area contributed by atoms with Gasteiger partial charge in [0.15, 0.2) is 0 Å². The van der Waals surface area contributed by atoms with E-state index in [0.717, 1.165) is 23.0 Å². The smallest absolute Gasteiger partial charge is 0.228 e. The molecule has 0 bridgehead atoms. The summed E-state index contributed by atoms with van der Waals surface area (Å²) in [7, 11) is 0. The lowest BCUT2D eigenvalue weighted by Crippen LogP contribution is -2.32. The van der Waals surface area contributed by atoms with Gasteiger partial charge in [0.25, 0.3) is 0 Å². The number of fused-ring (bicyclic) bond motifs is 1. The van der Waals surface area contributed by atoms with Crippen LogP contribution in [0.3, 0.4) is 0 Å². The molecule has 1 aromatic heterocycles. The number of nitrogens with zero attached hydrogens (tertiary/aromatic N) is 1. The molecular formula is C17H23N3O. The molecule has 1 amide bonds. The Balaban J connectivity index is 2.21. The Morgan fingerprint density at radius 3 is 2.67 bits per heavy atom. The van der Waals surface area contributed by atoms with Crippen LogP contribution in [0.5, 0.6) is 0 Å². The van der Waals surface area contributed by atoms with Gasteiger partial charge in [0.2, 0.25) is 5.91 Å². The van der Waals surface area contributed by atoms with Crippen LogP contribution in [0.4, 0.5) is 5.69 Å². The van der Waals surface area contributed by atoms with Crippen molar-refractivity contribution in [1.82, 2.24) is 4.98 Å². The Hall–Kier alpha value is -1.94. The van der Waals surface area contributed by atoms with E-state index in [1.54, 1.807) is 6.20 Å². The fourth-order valence-electron chi connectivity index (χ4n) is 2.46. The van der Waals surface area contributed by atoms with E-state index < -0.39 is 0 Å². The number of amides is 1. The number of aromatic nitrogens is 1. The zero-order chi connectivity index (χ0) is 15.5. The van der Waals surface area contributed by atoms with Crippen LogP contribution in [-0.2, 0) is 4.79 Å². The van der Waals surface area contributed by atoms with Gasteiger partial charge in [-0.1, -0.05) is 39.0 Å². The maximum atomic E-state index is 12.4. The van der Waals surface area contributed by atoms with Gasteiger partial charge in [-0.05, 0) is 24.0 Å². The molecule has 0 saturated heterocycles. The van der Waals surface area contributed by atoms with Gasteiger partial charge in [-0.25, -0.2) is 0 Å². The third kappa shape index (κ3) is 4.02. The average Bonchev–Trinajstić information content (AvgIpc) is 2.44. The van der Waals surface area contributed by atoms with E-state index >= 15 is 0 Å². The molecule has 21 heavy (non-hydrogen) atoms. The van der Waals surface area contributed by atoms with Crippen molar-refractivity contribution in [3.63, 3.8) is 0 Å². The van der Waals surface area contributed by atoms with E-state index in [2.05, 4.69) is 31.1 Å². The first-order valence-corrected chi connectivity index (χ1v) is 7.25. The Kier molecular flexibility index (Phi) is 4.58. The molecule has 2 rings (SSSR count). The van der Waals surface area contributed by atoms with Crippen molar-refractivity contribution in [3.05, 3.63) is 36.5 Å². The van der Waals surface area contributed by atoms with Gasteiger partial charge in [0.05, 0.1) is 17.1 Å². The number of carbonyl (C=O) groups excluding carboxylic acids is 1. The molecule has 0 spiro atoms. The highest BCUT2D eigenvalue weighted by Gasteiger charge is 2.24. The molecule has 2 aromatic rings. The van der Waals surface area contributed by atoms with Crippen LogP contribution in [0.25, 0.3) is 10.9 Å². The van der Waals surface area contributed by atoms with Crippen molar-refractivity contribution < 1.29 is 4.79 Å².